The highest BCUT2D eigenvalue weighted by Crippen LogP contribution is 2.00. The third-order valence-corrected chi connectivity index (χ3v) is 1.48. The Morgan fingerprint density at radius 2 is 1.88 bits per heavy atom. The van der Waals surface area contributed by atoms with Crippen molar-refractivity contribution in [1.82, 2.24) is 0 Å². The number of halogens is 1. The van der Waals surface area contributed by atoms with Gasteiger partial charge < -0.3 is 5.11 Å². The minimum atomic E-state index is -1.97. The van der Waals surface area contributed by atoms with E-state index in [1.165, 1.54) is 0 Å². The molecule has 0 aromatic heterocycles. The molecule has 0 aliphatic heterocycles. The Bertz CT molecular complexity index is 82.3. The minimum absolute atomic E-state index is 0.250. The number of unbranched alkanes of at least 4 members (excludes halogenated alkanes) is 2. The molecule has 0 saturated carbocycles. The van der Waals surface area contributed by atoms with E-state index in [1.807, 2.05) is 0 Å². The lowest BCUT2D eigenvalue weighted by Crippen LogP contribution is -1.82. The third kappa shape index (κ3) is 6.44. The summed E-state index contributed by atoms with van der Waals surface area (Å²) in [5, 5.41) is 9.60. The van der Waals surface area contributed by atoms with Gasteiger partial charge in [0.25, 0.3) is 0 Å². The number of alkyl halides is 1. The maximum atomic E-state index is 8.64. The molecule has 0 unspecified atom stereocenters. The van der Waals surface area contributed by atoms with Crippen LogP contribution in [0.3, 0.4) is 0 Å². The Morgan fingerprint density at radius 1 is 1.25 bits per heavy atom. The van der Waals surface area contributed by atoms with Crippen molar-refractivity contribution in [2.75, 3.05) is 11.9 Å². The highest BCUT2D eigenvalue weighted by Gasteiger charge is 1.84. The predicted octanol–water partition coefficient (Wildman–Crippen LogP) is 1.93. The van der Waals surface area contributed by atoms with E-state index in [9.17, 15) is 0 Å². The second kappa shape index (κ2) is 7.44. The van der Waals surface area contributed by atoms with Gasteiger partial charge in [0.1, 0.15) is 0 Å². The molecule has 8 heavy (non-hydrogen) atoms. The van der Waals surface area contributed by atoms with Crippen molar-refractivity contribution in [3.63, 3.8) is 0 Å². The maximum Gasteiger partial charge on any atom is 0.0564 e. The Kier molecular flexibility index (Phi) is 4.88. The Balaban J connectivity index is 3.04. The quantitative estimate of drug-likeness (QED) is 0.510. The molecular formula is C6H13BrO. The largest absolute Gasteiger partial charge is 0.396 e. The summed E-state index contributed by atoms with van der Waals surface area (Å²) in [6.45, 7) is -1.97. The Hall–Kier alpha value is 0.440. The first-order chi connectivity index (χ1) is 4.56. The first-order valence-corrected chi connectivity index (χ1v) is 3.97. The van der Waals surface area contributed by atoms with Gasteiger partial charge in [0.2, 0.25) is 0 Å². The molecule has 0 aliphatic carbocycles. The van der Waals surface area contributed by atoms with E-state index >= 15 is 0 Å². The molecule has 0 bridgehead atoms. The summed E-state index contributed by atoms with van der Waals surface area (Å²) >= 11 is 3.27. The number of hydrogen-bond acceptors (Lipinski definition) is 1. The van der Waals surface area contributed by atoms with E-state index in [2.05, 4.69) is 15.9 Å². The first-order valence-electron chi connectivity index (χ1n) is 3.84. The summed E-state index contributed by atoms with van der Waals surface area (Å²) in [4.78, 5) is 0. The van der Waals surface area contributed by atoms with Crippen molar-refractivity contribution in [2.45, 2.75) is 25.7 Å². The van der Waals surface area contributed by atoms with Crippen molar-refractivity contribution in [1.29, 1.82) is 0 Å². The van der Waals surface area contributed by atoms with Crippen LogP contribution in [0, 0.1) is 0 Å². The van der Waals surface area contributed by atoms with Crippen molar-refractivity contribution in [3.05, 3.63) is 0 Å². The molecule has 0 amide bonds. The Labute approximate surface area is 62.0 Å². The highest BCUT2D eigenvalue weighted by molar-refractivity contribution is 9.09. The molecule has 50 valence electrons. The van der Waals surface area contributed by atoms with E-state index in [1.54, 1.807) is 0 Å². The average molecular weight is 183 g/mol. The minimum Gasteiger partial charge on any atom is -0.396 e. The van der Waals surface area contributed by atoms with E-state index < -0.39 is 6.56 Å². The third-order valence-electron chi connectivity index (χ3n) is 0.922. The van der Waals surface area contributed by atoms with Crippen LogP contribution in [0.4, 0.5) is 0 Å². The Morgan fingerprint density at radius 3 is 2.38 bits per heavy atom. The molecule has 0 rings (SSSR count). The second-order valence-electron chi connectivity index (χ2n) is 1.66. The smallest absolute Gasteiger partial charge is 0.0564 e. The van der Waals surface area contributed by atoms with Gasteiger partial charge in [0, 0.05) is 11.9 Å². The fraction of sp³-hybridized carbons (Fsp3) is 1.00. The first kappa shape index (κ1) is 5.24. The summed E-state index contributed by atoms with van der Waals surface area (Å²) in [5.74, 6) is 0. The number of hydrogen-bond donors (Lipinski definition) is 1. The predicted molar refractivity (Wildman–Crippen MR) is 39.3 cm³/mol. The molecule has 0 aromatic carbocycles. The molecule has 0 saturated heterocycles. The van der Waals surface area contributed by atoms with E-state index in [-0.39, 0.29) is 6.42 Å². The lowest BCUT2D eigenvalue weighted by atomic mass is 10.2. The molecule has 0 atom stereocenters. The summed E-state index contributed by atoms with van der Waals surface area (Å²) in [6.07, 6.45) is 3.04. The van der Waals surface area contributed by atoms with E-state index in [4.69, 9.17) is 7.85 Å². The molecule has 1 nitrogen and oxygen atoms in total. The summed E-state index contributed by atoms with van der Waals surface area (Å²) in [5.41, 5.74) is 0. The van der Waals surface area contributed by atoms with Gasteiger partial charge in [-0.2, -0.15) is 0 Å². The SMILES string of the molecule is [2H]C([2H])(O)CCCCCBr. The van der Waals surface area contributed by atoms with Crippen LogP contribution in [0.5, 0.6) is 0 Å². The topological polar surface area (TPSA) is 20.2 Å². The van der Waals surface area contributed by atoms with Gasteiger partial charge in [-0.05, 0) is 12.8 Å². The molecule has 1 N–H and O–H groups in total. The average Bonchev–Trinajstić information content (AvgIpc) is 1.78. The maximum absolute atomic E-state index is 8.64. The van der Waals surface area contributed by atoms with Gasteiger partial charge in [-0.1, -0.05) is 28.8 Å². The molecule has 0 fully saturated rings. The zero-order valence-corrected chi connectivity index (χ0v) is 6.45. The van der Waals surface area contributed by atoms with Crippen molar-refractivity contribution in [2.24, 2.45) is 0 Å². The van der Waals surface area contributed by atoms with Crippen molar-refractivity contribution in [3.8, 4) is 0 Å². The van der Waals surface area contributed by atoms with Crippen LogP contribution in [0.15, 0.2) is 0 Å². The summed E-state index contributed by atoms with van der Waals surface area (Å²) in [7, 11) is 0. The lowest BCUT2D eigenvalue weighted by molar-refractivity contribution is 0.283. The lowest BCUT2D eigenvalue weighted by Gasteiger charge is -1.92. The van der Waals surface area contributed by atoms with Gasteiger partial charge in [0.05, 0.1) is 2.74 Å². The van der Waals surface area contributed by atoms with Crippen LogP contribution in [-0.2, 0) is 0 Å². The van der Waals surface area contributed by atoms with Gasteiger partial charge in [0.15, 0.2) is 0 Å². The molecular weight excluding hydrogens is 168 g/mol. The zero-order chi connectivity index (χ0) is 8.04. The fourth-order valence-electron chi connectivity index (χ4n) is 0.475. The monoisotopic (exact) mass is 182 g/mol. The van der Waals surface area contributed by atoms with Gasteiger partial charge >= 0.3 is 0 Å². The van der Waals surface area contributed by atoms with Crippen molar-refractivity contribution < 1.29 is 7.85 Å². The molecule has 0 aromatic rings. The number of aliphatic hydroxyl groups is 1. The molecule has 0 heterocycles. The molecule has 0 spiro atoms. The van der Waals surface area contributed by atoms with Crippen LogP contribution in [0.2, 0.25) is 0 Å². The molecule has 2 heteroatoms. The number of rotatable bonds is 5. The van der Waals surface area contributed by atoms with Crippen LogP contribution >= 0.6 is 15.9 Å². The van der Waals surface area contributed by atoms with Crippen molar-refractivity contribution >= 4 is 15.9 Å². The van der Waals surface area contributed by atoms with Crippen LogP contribution in [-0.4, -0.2) is 17.0 Å². The summed E-state index contributed by atoms with van der Waals surface area (Å²) in [6, 6.07) is 0. The van der Waals surface area contributed by atoms with Crippen LogP contribution in [0.25, 0.3) is 0 Å². The van der Waals surface area contributed by atoms with Crippen LogP contribution in [0.1, 0.15) is 28.4 Å². The molecule has 0 aliphatic rings. The fourth-order valence-corrected chi connectivity index (χ4v) is 0.872. The van der Waals surface area contributed by atoms with E-state index in [0.29, 0.717) is 0 Å². The highest BCUT2D eigenvalue weighted by atomic mass is 79.9. The molecule has 0 radical (unpaired) electrons. The van der Waals surface area contributed by atoms with Gasteiger partial charge in [-0.25, -0.2) is 0 Å². The summed E-state index contributed by atoms with van der Waals surface area (Å²) < 4.78 is 13.6. The van der Waals surface area contributed by atoms with Gasteiger partial charge in [-0.3, -0.25) is 0 Å². The normalized spacial score (nSPS) is 15.2. The van der Waals surface area contributed by atoms with E-state index in [0.717, 1.165) is 24.6 Å². The second-order valence-corrected chi connectivity index (χ2v) is 2.45. The zero-order valence-electron chi connectivity index (χ0n) is 6.86. The van der Waals surface area contributed by atoms with Gasteiger partial charge in [-0.15, -0.1) is 0 Å². The standard InChI is InChI=1S/C6H13BrO/c7-5-3-1-2-4-6-8/h8H,1-6H2/i6D2. The van der Waals surface area contributed by atoms with Crippen LogP contribution < -0.4 is 0 Å².